The number of fused-ring (bicyclic) bond motifs is 1. The van der Waals surface area contributed by atoms with Gasteiger partial charge >= 0.3 is 0 Å². The highest BCUT2D eigenvalue weighted by Gasteiger charge is 2.34. The van der Waals surface area contributed by atoms with Gasteiger partial charge in [0.1, 0.15) is 0 Å². The van der Waals surface area contributed by atoms with Crippen molar-refractivity contribution in [3.63, 3.8) is 0 Å². The molecule has 4 rings (SSSR count). The minimum atomic E-state index is 0.675. The van der Waals surface area contributed by atoms with Crippen LogP contribution in [0.25, 0.3) is 0 Å². The average Bonchev–Trinajstić information content (AvgIpc) is 2.60. The summed E-state index contributed by atoms with van der Waals surface area (Å²) >= 11 is 0. The third-order valence-electron chi connectivity index (χ3n) is 5.76. The van der Waals surface area contributed by atoms with Crippen LogP contribution in [0.15, 0.2) is 30.3 Å². The predicted molar refractivity (Wildman–Crippen MR) is 94.3 cm³/mol. The van der Waals surface area contributed by atoms with Crippen molar-refractivity contribution in [2.45, 2.75) is 25.6 Å². The minimum Gasteiger partial charge on any atom is -0.299 e. The Labute approximate surface area is 140 Å². The van der Waals surface area contributed by atoms with Gasteiger partial charge in [-0.3, -0.25) is 19.6 Å². The Balaban J connectivity index is 1.44. The fourth-order valence-corrected chi connectivity index (χ4v) is 4.45. The van der Waals surface area contributed by atoms with E-state index in [1.807, 2.05) is 0 Å². The highest BCUT2D eigenvalue weighted by molar-refractivity contribution is 5.14. The summed E-state index contributed by atoms with van der Waals surface area (Å²) in [6, 6.07) is 11.0. The Bertz CT molecular complexity index is 491. The molecule has 0 saturated carbocycles. The number of nitrogens with zero attached hydrogens (tertiary/aromatic N) is 4. The van der Waals surface area contributed by atoms with E-state index in [-0.39, 0.29) is 0 Å². The minimum absolute atomic E-state index is 0.675. The van der Waals surface area contributed by atoms with Crippen LogP contribution < -0.4 is 0 Å². The van der Waals surface area contributed by atoms with E-state index in [0.717, 1.165) is 6.54 Å². The lowest BCUT2D eigenvalue weighted by molar-refractivity contribution is -0.0569. The number of rotatable bonds is 2. The summed E-state index contributed by atoms with van der Waals surface area (Å²) in [5.41, 5.74) is 1.45. The first kappa shape index (κ1) is 15.6. The van der Waals surface area contributed by atoms with Gasteiger partial charge in [-0.1, -0.05) is 30.3 Å². The molecule has 3 fully saturated rings. The van der Waals surface area contributed by atoms with Crippen molar-refractivity contribution in [2.75, 3.05) is 58.9 Å². The molecule has 0 aliphatic carbocycles. The molecule has 23 heavy (non-hydrogen) atoms. The molecule has 0 aromatic heterocycles. The second-order valence-corrected chi connectivity index (χ2v) is 7.32. The van der Waals surface area contributed by atoms with Crippen molar-refractivity contribution in [1.82, 2.24) is 19.6 Å². The van der Waals surface area contributed by atoms with Crippen molar-refractivity contribution < 1.29 is 0 Å². The lowest BCUT2D eigenvalue weighted by Crippen LogP contribution is -2.64. The van der Waals surface area contributed by atoms with Gasteiger partial charge in [0.2, 0.25) is 0 Å². The van der Waals surface area contributed by atoms with Gasteiger partial charge in [0.25, 0.3) is 0 Å². The monoisotopic (exact) mass is 314 g/mol. The zero-order chi connectivity index (χ0) is 15.5. The van der Waals surface area contributed by atoms with Crippen LogP contribution in [0.5, 0.6) is 0 Å². The molecule has 3 aliphatic rings. The van der Waals surface area contributed by atoms with Crippen LogP contribution in [0.3, 0.4) is 0 Å². The summed E-state index contributed by atoms with van der Waals surface area (Å²) in [4.78, 5) is 10.8. The van der Waals surface area contributed by atoms with Crippen LogP contribution >= 0.6 is 0 Å². The van der Waals surface area contributed by atoms with Gasteiger partial charge in [0.05, 0.1) is 6.17 Å². The summed E-state index contributed by atoms with van der Waals surface area (Å²) in [7, 11) is 0. The number of benzene rings is 1. The quantitative estimate of drug-likeness (QED) is 0.821. The largest absolute Gasteiger partial charge is 0.299 e. The molecule has 3 heterocycles. The fourth-order valence-electron chi connectivity index (χ4n) is 4.45. The number of hydrogen-bond donors (Lipinski definition) is 0. The van der Waals surface area contributed by atoms with Crippen LogP contribution in [0.2, 0.25) is 0 Å². The Hall–Kier alpha value is -0.940. The topological polar surface area (TPSA) is 13.0 Å². The lowest BCUT2D eigenvalue weighted by Gasteiger charge is -2.50. The first-order chi connectivity index (χ1) is 11.4. The SMILES string of the molecule is c1ccc(CN2CCCN3CCN4CCCN(CC2)C4C3)cc1. The highest BCUT2D eigenvalue weighted by Crippen LogP contribution is 2.20. The zero-order valence-corrected chi connectivity index (χ0v) is 14.2. The molecule has 1 aromatic carbocycles. The van der Waals surface area contributed by atoms with Crippen molar-refractivity contribution >= 4 is 0 Å². The van der Waals surface area contributed by atoms with E-state index >= 15 is 0 Å². The van der Waals surface area contributed by atoms with Crippen LogP contribution in [0.4, 0.5) is 0 Å². The average molecular weight is 314 g/mol. The van der Waals surface area contributed by atoms with E-state index in [2.05, 4.69) is 49.9 Å². The van der Waals surface area contributed by atoms with Crippen LogP contribution in [-0.2, 0) is 6.54 Å². The molecular weight excluding hydrogens is 284 g/mol. The van der Waals surface area contributed by atoms with Crippen LogP contribution in [-0.4, -0.2) is 84.7 Å². The Morgan fingerprint density at radius 3 is 2.30 bits per heavy atom. The van der Waals surface area contributed by atoms with E-state index in [9.17, 15) is 0 Å². The first-order valence-electron chi connectivity index (χ1n) is 9.35. The molecule has 0 amide bonds. The second kappa shape index (κ2) is 7.31. The summed E-state index contributed by atoms with van der Waals surface area (Å²) in [5.74, 6) is 0. The fraction of sp³-hybridized carbons (Fsp3) is 0.684. The molecule has 126 valence electrons. The first-order valence-corrected chi connectivity index (χ1v) is 9.35. The molecule has 4 nitrogen and oxygen atoms in total. The van der Waals surface area contributed by atoms with E-state index in [1.165, 1.54) is 77.3 Å². The maximum atomic E-state index is 2.75. The van der Waals surface area contributed by atoms with Crippen molar-refractivity contribution in [1.29, 1.82) is 0 Å². The highest BCUT2D eigenvalue weighted by atomic mass is 15.4. The number of piperazine rings is 1. The molecule has 0 spiro atoms. The maximum absolute atomic E-state index is 2.75. The molecule has 4 heteroatoms. The molecule has 3 aliphatic heterocycles. The Kier molecular flexibility index (Phi) is 4.95. The summed E-state index contributed by atoms with van der Waals surface area (Å²) < 4.78 is 0. The van der Waals surface area contributed by atoms with Gasteiger partial charge in [0.15, 0.2) is 0 Å². The van der Waals surface area contributed by atoms with Crippen LogP contribution in [0, 0.1) is 0 Å². The molecular formula is C19H30N4. The van der Waals surface area contributed by atoms with Gasteiger partial charge in [-0.2, -0.15) is 0 Å². The summed E-state index contributed by atoms with van der Waals surface area (Å²) in [6.07, 6.45) is 3.32. The van der Waals surface area contributed by atoms with Gasteiger partial charge in [-0.25, -0.2) is 0 Å². The third-order valence-corrected chi connectivity index (χ3v) is 5.76. The van der Waals surface area contributed by atoms with Gasteiger partial charge in [-0.05, 0) is 31.5 Å². The normalized spacial score (nSPS) is 31.0. The van der Waals surface area contributed by atoms with Crippen LogP contribution in [0.1, 0.15) is 18.4 Å². The smallest absolute Gasteiger partial charge is 0.0754 e. The van der Waals surface area contributed by atoms with E-state index in [1.54, 1.807) is 0 Å². The van der Waals surface area contributed by atoms with E-state index in [4.69, 9.17) is 0 Å². The molecule has 2 unspecified atom stereocenters. The van der Waals surface area contributed by atoms with Gasteiger partial charge in [0, 0.05) is 52.4 Å². The zero-order valence-electron chi connectivity index (χ0n) is 14.2. The van der Waals surface area contributed by atoms with E-state index < -0.39 is 0 Å². The summed E-state index contributed by atoms with van der Waals surface area (Å²) in [5, 5.41) is 0. The standard InChI is InChI=1S/C19H30N4/c1-2-6-18(7-3-1)16-20-8-4-9-21-13-15-23-11-5-10-22(14-12-20)19(23)17-21/h1-3,6-7,19H,4-5,8-17H2. The molecule has 3 saturated heterocycles. The third kappa shape index (κ3) is 3.77. The van der Waals surface area contributed by atoms with E-state index in [0.29, 0.717) is 6.17 Å². The molecule has 0 radical (unpaired) electrons. The molecule has 2 atom stereocenters. The second-order valence-electron chi connectivity index (χ2n) is 7.32. The summed E-state index contributed by atoms with van der Waals surface area (Å²) in [6.45, 7) is 12.4. The lowest BCUT2D eigenvalue weighted by atomic mass is 10.1. The van der Waals surface area contributed by atoms with Gasteiger partial charge < -0.3 is 0 Å². The predicted octanol–water partition coefficient (Wildman–Crippen LogP) is 1.54. The van der Waals surface area contributed by atoms with Crippen molar-refractivity contribution in [2.24, 2.45) is 0 Å². The van der Waals surface area contributed by atoms with Crippen molar-refractivity contribution in [3.05, 3.63) is 35.9 Å². The van der Waals surface area contributed by atoms with Gasteiger partial charge in [-0.15, -0.1) is 0 Å². The Morgan fingerprint density at radius 1 is 0.739 bits per heavy atom. The number of hydrogen-bond acceptors (Lipinski definition) is 4. The molecule has 2 bridgehead atoms. The molecule has 0 N–H and O–H groups in total. The molecule has 1 aromatic rings. The maximum Gasteiger partial charge on any atom is 0.0754 e. The van der Waals surface area contributed by atoms with Crippen molar-refractivity contribution in [3.8, 4) is 0 Å². The Morgan fingerprint density at radius 2 is 1.48 bits per heavy atom.